The molecule has 0 bridgehead atoms. The Morgan fingerprint density at radius 2 is 1.71 bits per heavy atom. The van der Waals surface area contributed by atoms with E-state index in [9.17, 15) is 26.4 Å². The minimum absolute atomic E-state index is 0.00913. The standard InChI is InChI=1S/C25H25ClF3N3O8S/c1-36-9-10-38-20-8-5-17(22(12-20)39-23-21(26)11-18(15-30-23)25(27,28)29)14-31-24(33)40-41(34,35)32-13-16-3-6-19(37-2)7-4-16/h3-8,11-12,15,32H,9-10,13-14H2,1-2H3,(H,31,33). The van der Waals surface area contributed by atoms with Crippen LogP contribution < -0.4 is 24.2 Å². The molecule has 0 atom stereocenters. The third kappa shape index (κ3) is 9.97. The fourth-order valence-electron chi connectivity index (χ4n) is 3.11. The number of benzene rings is 2. The monoisotopic (exact) mass is 619 g/mol. The first kappa shape index (κ1) is 31.7. The average molecular weight is 620 g/mol. The van der Waals surface area contributed by atoms with Crippen LogP contribution in [0.5, 0.6) is 23.1 Å². The second-order valence-electron chi connectivity index (χ2n) is 8.07. The number of methoxy groups -OCH3 is 2. The summed E-state index contributed by atoms with van der Waals surface area (Å²) >= 11 is 5.96. The number of rotatable bonds is 13. The molecule has 0 aliphatic heterocycles. The fraction of sp³-hybridized carbons (Fsp3) is 0.280. The van der Waals surface area contributed by atoms with Crippen LogP contribution in [0.1, 0.15) is 16.7 Å². The third-order valence-electron chi connectivity index (χ3n) is 5.16. The summed E-state index contributed by atoms with van der Waals surface area (Å²) in [6.45, 7) is 0.000915. The van der Waals surface area contributed by atoms with Gasteiger partial charge in [-0.1, -0.05) is 23.7 Å². The largest absolute Gasteiger partial charge is 0.497 e. The van der Waals surface area contributed by atoms with Crippen molar-refractivity contribution in [2.45, 2.75) is 19.3 Å². The number of carbonyl (C=O) groups is 1. The molecule has 0 saturated carbocycles. The number of hydrogen-bond donors (Lipinski definition) is 2. The highest BCUT2D eigenvalue weighted by Crippen LogP contribution is 2.36. The van der Waals surface area contributed by atoms with Crippen molar-refractivity contribution in [3.05, 3.63) is 76.4 Å². The summed E-state index contributed by atoms with van der Waals surface area (Å²) in [4.78, 5) is 15.9. The summed E-state index contributed by atoms with van der Waals surface area (Å²) in [5, 5.41) is 1.85. The van der Waals surface area contributed by atoms with Gasteiger partial charge in [0.2, 0.25) is 5.88 Å². The Balaban J connectivity index is 1.69. The van der Waals surface area contributed by atoms with Gasteiger partial charge in [0.25, 0.3) is 0 Å². The van der Waals surface area contributed by atoms with Crippen LogP contribution in [0, 0.1) is 0 Å². The molecular weight excluding hydrogens is 595 g/mol. The quantitative estimate of drug-likeness (QED) is 0.258. The normalized spacial score (nSPS) is 11.6. The molecule has 0 aliphatic rings. The number of hydrogen-bond acceptors (Lipinski definition) is 9. The number of halogens is 4. The van der Waals surface area contributed by atoms with Crippen molar-refractivity contribution in [3.8, 4) is 23.1 Å². The number of amides is 1. The first-order valence-corrected chi connectivity index (χ1v) is 13.4. The van der Waals surface area contributed by atoms with Crippen LogP contribution in [0.25, 0.3) is 0 Å². The maximum Gasteiger partial charge on any atom is 0.423 e. The van der Waals surface area contributed by atoms with Gasteiger partial charge in [-0.05, 0) is 35.9 Å². The summed E-state index contributed by atoms with van der Waals surface area (Å²) in [6, 6.07) is 11.6. The van der Waals surface area contributed by atoms with Gasteiger partial charge in [0.05, 0.1) is 19.3 Å². The molecule has 16 heteroatoms. The molecule has 2 N–H and O–H groups in total. The lowest BCUT2D eigenvalue weighted by molar-refractivity contribution is -0.137. The Labute approximate surface area is 238 Å². The molecule has 0 unspecified atom stereocenters. The van der Waals surface area contributed by atoms with E-state index in [1.807, 2.05) is 0 Å². The van der Waals surface area contributed by atoms with Gasteiger partial charge in [0, 0.05) is 38.0 Å². The van der Waals surface area contributed by atoms with Crippen LogP contribution in [-0.2, 0) is 38.5 Å². The summed E-state index contributed by atoms with van der Waals surface area (Å²) in [6.07, 6.45) is -5.41. The van der Waals surface area contributed by atoms with Crippen LogP contribution >= 0.6 is 11.6 Å². The third-order valence-corrected chi connectivity index (χ3v) is 6.30. The molecule has 2 aromatic carbocycles. The van der Waals surface area contributed by atoms with Crippen molar-refractivity contribution in [2.24, 2.45) is 0 Å². The van der Waals surface area contributed by atoms with E-state index >= 15 is 0 Å². The Bertz CT molecular complexity index is 1440. The first-order chi connectivity index (χ1) is 19.4. The van der Waals surface area contributed by atoms with Crippen molar-refractivity contribution in [2.75, 3.05) is 27.4 Å². The Morgan fingerprint density at radius 1 is 1.00 bits per heavy atom. The van der Waals surface area contributed by atoms with Crippen molar-refractivity contribution < 1.29 is 49.5 Å². The minimum atomic E-state index is -4.66. The lowest BCUT2D eigenvalue weighted by Gasteiger charge is -2.15. The molecule has 41 heavy (non-hydrogen) atoms. The molecule has 1 heterocycles. The smallest absolute Gasteiger partial charge is 0.423 e. The maximum atomic E-state index is 13.0. The van der Waals surface area contributed by atoms with Crippen LogP contribution in [0.4, 0.5) is 18.0 Å². The second kappa shape index (κ2) is 14.2. The molecule has 0 fully saturated rings. The van der Waals surface area contributed by atoms with E-state index in [2.05, 4.69) is 19.2 Å². The molecule has 222 valence electrons. The lowest BCUT2D eigenvalue weighted by atomic mass is 10.2. The number of aromatic nitrogens is 1. The van der Waals surface area contributed by atoms with Gasteiger partial charge in [-0.3, -0.25) is 0 Å². The Hall–Kier alpha value is -3.79. The molecule has 0 spiro atoms. The van der Waals surface area contributed by atoms with Crippen LogP contribution in [0.15, 0.2) is 54.7 Å². The highest BCUT2D eigenvalue weighted by atomic mass is 35.5. The molecule has 3 aromatic rings. The summed E-state index contributed by atoms with van der Waals surface area (Å²) in [7, 11) is -1.50. The van der Waals surface area contributed by atoms with Gasteiger partial charge in [0.15, 0.2) is 0 Å². The number of alkyl halides is 3. The number of pyridine rings is 1. The second-order valence-corrected chi connectivity index (χ2v) is 9.84. The van der Waals surface area contributed by atoms with Crippen LogP contribution in [0.2, 0.25) is 5.02 Å². The highest BCUT2D eigenvalue weighted by Gasteiger charge is 2.32. The van der Waals surface area contributed by atoms with E-state index < -0.39 is 33.2 Å². The van der Waals surface area contributed by atoms with Gasteiger partial charge >= 0.3 is 22.6 Å². The summed E-state index contributed by atoms with van der Waals surface area (Å²) in [5.74, 6) is 0.552. The highest BCUT2D eigenvalue weighted by molar-refractivity contribution is 7.85. The minimum Gasteiger partial charge on any atom is -0.497 e. The zero-order valence-corrected chi connectivity index (χ0v) is 23.2. The maximum absolute atomic E-state index is 13.0. The number of carbonyl (C=O) groups excluding carboxylic acids is 1. The van der Waals surface area contributed by atoms with Gasteiger partial charge in [-0.25, -0.2) is 9.78 Å². The van der Waals surface area contributed by atoms with Crippen molar-refractivity contribution in [1.29, 1.82) is 0 Å². The number of nitrogens with one attached hydrogen (secondary N) is 2. The molecule has 1 aromatic heterocycles. The predicted octanol–water partition coefficient (Wildman–Crippen LogP) is 4.84. The SMILES string of the molecule is COCCOc1ccc(CNC(=O)OS(=O)(=O)NCc2ccc(OC)cc2)c(Oc2ncc(C(F)(F)F)cc2Cl)c1. The Morgan fingerprint density at radius 3 is 2.34 bits per heavy atom. The molecular formula is C25H25ClF3N3O8S. The van der Waals surface area contributed by atoms with Gasteiger partial charge in [0.1, 0.15) is 28.9 Å². The van der Waals surface area contributed by atoms with E-state index in [-0.39, 0.29) is 43.5 Å². The van der Waals surface area contributed by atoms with E-state index in [0.717, 1.165) is 0 Å². The fourth-order valence-corrected chi connectivity index (χ4v) is 3.97. The summed E-state index contributed by atoms with van der Waals surface area (Å²) < 4.78 is 91.1. The zero-order chi connectivity index (χ0) is 30.0. The Kier molecular flexibility index (Phi) is 11.0. The lowest BCUT2D eigenvalue weighted by Crippen LogP contribution is -2.33. The molecule has 11 nitrogen and oxygen atoms in total. The van der Waals surface area contributed by atoms with Crippen molar-refractivity contribution in [1.82, 2.24) is 15.0 Å². The van der Waals surface area contributed by atoms with Gasteiger partial charge < -0.3 is 28.4 Å². The summed E-state index contributed by atoms with van der Waals surface area (Å²) in [5.41, 5.74) is -0.219. The molecule has 1 amide bonds. The van der Waals surface area contributed by atoms with Crippen LogP contribution in [-0.4, -0.2) is 46.9 Å². The van der Waals surface area contributed by atoms with Gasteiger partial charge in [-0.15, -0.1) is 0 Å². The first-order valence-electron chi connectivity index (χ1n) is 11.7. The molecule has 3 rings (SSSR count). The van der Waals surface area contributed by atoms with E-state index in [4.69, 9.17) is 30.5 Å². The van der Waals surface area contributed by atoms with E-state index in [1.165, 1.54) is 32.4 Å². The molecule has 0 saturated heterocycles. The topological polar surface area (TPSA) is 134 Å². The zero-order valence-electron chi connectivity index (χ0n) is 21.7. The average Bonchev–Trinajstić information content (AvgIpc) is 2.92. The molecule has 0 radical (unpaired) electrons. The number of nitrogens with zero attached hydrogens (tertiary/aromatic N) is 1. The van der Waals surface area contributed by atoms with E-state index in [1.54, 1.807) is 24.3 Å². The predicted molar refractivity (Wildman–Crippen MR) is 140 cm³/mol. The van der Waals surface area contributed by atoms with E-state index in [0.29, 0.717) is 29.3 Å². The van der Waals surface area contributed by atoms with Gasteiger partial charge in [-0.2, -0.15) is 26.3 Å². The molecule has 0 aliphatic carbocycles. The van der Waals surface area contributed by atoms with Crippen molar-refractivity contribution in [3.63, 3.8) is 0 Å². The van der Waals surface area contributed by atoms with Crippen LogP contribution in [0.3, 0.4) is 0 Å². The number of ether oxygens (including phenoxy) is 4. The van der Waals surface area contributed by atoms with Crippen molar-refractivity contribution >= 4 is 28.0 Å².